The average Bonchev–Trinajstić information content (AvgIpc) is 2.92. The maximum Gasteiger partial charge on any atom is 0.227 e. The third-order valence-corrected chi connectivity index (χ3v) is 6.87. The molecule has 0 bridgehead atoms. The quantitative estimate of drug-likeness (QED) is 0.234. The number of unbranched alkanes of at least 4 members (excludes halogenated alkanes) is 1. The first-order chi connectivity index (χ1) is 17.1. The number of hydrogen-bond acceptors (Lipinski definition) is 5. The van der Waals surface area contributed by atoms with E-state index in [4.69, 9.17) is 5.53 Å². The first kappa shape index (κ1) is 26.5. The zero-order valence-corrected chi connectivity index (χ0v) is 21.0. The molecule has 0 saturated heterocycles. The molecule has 0 radical (unpaired) electrons. The van der Waals surface area contributed by atoms with E-state index in [0.29, 0.717) is 12.1 Å². The van der Waals surface area contributed by atoms with Crippen molar-refractivity contribution >= 4 is 5.91 Å². The highest BCUT2D eigenvalue weighted by Crippen LogP contribution is 2.35. The minimum Gasteiger partial charge on any atom is -0.353 e. The second-order valence-electron chi connectivity index (χ2n) is 9.29. The van der Waals surface area contributed by atoms with Gasteiger partial charge in [-0.3, -0.25) is 9.78 Å². The molecule has 1 aliphatic carbocycles. The van der Waals surface area contributed by atoms with Gasteiger partial charge in [-0.05, 0) is 80.1 Å². The molecule has 3 unspecified atom stereocenters. The Bertz CT molecular complexity index is 987. The lowest BCUT2D eigenvalue weighted by atomic mass is 9.82. The molecule has 3 atom stereocenters. The van der Waals surface area contributed by atoms with Crippen LogP contribution in [0.4, 0.5) is 0 Å². The van der Waals surface area contributed by atoms with Crippen molar-refractivity contribution in [1.29, 1.82) is 5.53 Å². The van der Waals surface area contributed by atoms with Crippen LogP contribution < -0.4 is 10.6 Å². The van der Waals surface area contributed by atoms with Crippen LogP contribution in [0.1, 0.15) is 63.0 Å². The number of allylic oxidation sites excluding steroid dienone is 2. The van der Waals surface area contributed by atoms with Crippen LogP contribution >= 0.6 is 0 Å². The minimum atomic E-state index is -0.228. The number of aromatic nitrogens is 1. The average molecular weight is 474 g/mol. The summed E-state index contributed by atoms with van der Waals surface area (Å²) in [4.78, 5) is 17.2. The van der Waals surface area contributed by atoms with Gasteiger partial charge in [-0.1, -0.05) is 56.7 Å². The van der Waals surface area contributed by atoms with E-state index in [1.807, 2.05) is 30.4 Å². The summed E-state index contributed by atoms with van der Waals surface area (Å²) < 4.78 is 0. The highest BCUT2D eigenvalue weighted by molar-refractivity contribution is 5.81. The Morgan fingerprint density at radius 1 is 1.14 bits per heavy atom. The van der Waals surface area contributed by atoms with Crippen LogP contribution in [0.15, 0.2) is 83.4 Å². The van der Waals surface area contributed by atoms with Crippen LogP contribution in [-0.4, -0.2) is 30.0 Å². The van der Waals surface area contributed by atoms with Gasteiger partial charge in [0.25, 0.3) is 0 Å². The van der Waals surface area contributed by atoms with Crippen molar-refractivity contribution in [3.8, 4) is 0 Å². The molecule has 3 N–H and O–H groups in total. The third-order valence-electron chi connectivity index (χ3n) is 6.87. The molecular formula is C29H39N5O. The topological polar surface area (TPSA) is 90.2 Å². The molecule has 1 aromatic carbocycles. The molecule has 6 heteroatoms. The maximum absolute atomic E-state index is 13.1. The van der Waals surface area contributed by atoms with Gasteiger partial charge in [0.1, 0.15) is 0 Å². The Balaban J connectivity index is 1.41. The first-order valence-corrected chi connectivity index (χ1v) is 12.9. The fourth-order valence-corrected chi connectivity index (χ4v) is 4.59. The molecule has 186 valence electrons. The fraction of sp³-hybridized carbons (Fsp3) is 0.448. The number of carbonyl (C=O) groups excluding carboxylic acids is 1. The number of benzene rings is 1. The predicted molar refractivity (Wildman–Crippen MR) is 141 cm³/mol. The van der Waals surface area contributed by atoms with E-state index in [0.717, 1.165) is 56.3 Å². The van der Waals surface area contributed by atoms with Gasteiger partial charge in [0, 0.05) is 24.4 Å². The van der Waals surface area contributed by atoms with Crippen molar-refractivity contribution in [1.82, 2.24) is 15.6 Å². The first-order valence-electron chi connectivity index (χ1n) is 12.9. The normalized spacial score (nSPS) is 17.1. The molecule has 1 aromatic heterocycles. The molecule has 3 rings (SSSR count). The molecule has 35 heavy (non-hydrogen) atoms. The Kier molecular flexibility index (Phi) is 10.8. The Morgan fingerprint density at radius 2 is 1.91 bits per heavy atom. The SMILES string of the molecule is CCC(CCCCNCCc1ccccc1)NC(=O)C1C=CC(N=N)=C(C(C)c2ccncc2)C1. The van der Waals surface area contributed by atoms with Gasteiger partial charge in [0.2, 0.25) is 5.91 Å². The van der Waals surface area contributed by atoms with Crippen LogP contribution in [0.5, 0.6) is 0 Å². The lowest BCUT2D eigenvalue weighted by Crippen LogP contribution is -2.39. The monoisotopic (exact) mass is 473 g/mol. The molecular weight excluding hydrogens is 434 g/mol. The molecule has 1 amide bonds. The summed E-state index contributed by atoms with van der Waals surface area (Å²) in [5, 5.41) is 10.5. The van der Waals surface area contributed by atoms with E-state index < -0.39 is 0 Å². The maximum atomic E-state index is 13.1. The number of nitrogens with zero attached hydrogens (tertiary/aromatic N) is 2. The summed E-state index contributed by atoms with van der Waals surface area (Å²) >= 11 is 0. The van der Waals surface area contributed by atoms with Crippen molar-refractivity contribution < 1.29 is 4.79 Å². The van der Waals surface area contributed by atoms with Crippen LogP contribution in [0, 0.1) is 11.4 Å². The molecule has 6 nitrogen and oxygen atoms in total. The van der Waals surface area contributed by atoms with Crippen LogP contribution in [-0.2, 0) is 11.2 Å². The van der Waals surface area contributed by atoms with Crippen LogP contribution in [0.25, 0.3) is 0 Å². The van der Waals surface area contributed by atoms with E-state index in [1.165, 1.54) is 5.56 Å². The van der Waals surface area contributed by atoms with Crippen LogP contribution in [0.2, 0.25) is 0 Å². The number of nitrogens with one attached hydrogen (secondary N) is 3. The van der Waals surface area contributed by atoms with E-state index in [-0.39, 0.29) is 23.8 Å². The number of carbonyl (C=O) groups is 1. The zero-order chi connectivity index (χ0) is 24.9. The summed E-state index contributed by atoms with van der Waals surface area (Å²) in [6.45, 7) is 6.23. The second kappa shape index (κ2) is 14.3. The van der Waals surface area contributed by atoms with Crippen molar-refractivity contribution in [2.45, 2.75) is 64.3 Å². The van der Waals surface area contributed by atoms with Crippen molar-refractivity contribution in [2.75, 3.05) is 13.1 Å². The van der Waals surface area contributed by atoms with E-state index in [9.17, 15) is 4.79 Å². The predicted octanol–water partition coefficient (Wildman–Crippen LogP) is 5.94. The van der Waals surface area contributed by atoms with E-state index in [1.54, 1.807) is 12.4 Å². The standard InChI is InChI=1S/C29H39N5O/c1-3-26(11-7-8-17-31-18-14-23-9-5-4-6-10-23)33-29(35)25-12-13-28(34-30)27(21-25)22(2)24-15-19-32-20-16-24/h4-6,9-10,12-13,15-16,19-20,22,25-26,30-31H,3,7-8,11,14,17-18,21H2,1-2H3,(H,33,35). The van der Waals surface area contributed by atoms with Gasteiger partial charge in [-0.15, -0.1) is 0 Å². The summed E-state index contributed by atoms with van der Waals surface area (Å²) in [6, 6.07) is 14.7. The van der Waals surface area contributed by atoms with Crippen LogP contribution in [0.3, 0.4) is 0 Å². The van der Waals surface area contributed by atoms with E-state index in [2.05, 4.69) is 58.8 Å². The van der Waals surface area contributed by atoms with Gasteiger partial charge in [0.15, 0.2) is 0 Å². The molecule has 1 aliphatic rings. The summed E-state index contributed by atoms with van der Waals surface area (Å²) in [7, 11) is 0. The Labute approximate surface area is 209 Å². The molecule has 0 aliphatic heterocycles. The third kappa shape index (κ3) is 8.25. The zero-order valence-electron chi connectivity index (χ0n) is 21.0. The Morgan fingerprint density at radius 3 is 2.63 bits per heavy atom. The lowest BCUT2D eigenvalue weighted by molar-refractivity contribution is -0.124. The highest BCUT2D eigenvalue weighted by Gasteiger charge is 2.27. The molecule has 0 saturated carbocycles. The van der Waals surface area contributed by atoms with Gasteiger partial charge >= 0.3 is 0 Å². The van der Waals surface area contributed by atoms with Gasteiger partial charge in [-0.25, -0.2) is 5.53 Å². The largest absolute Gasteiger partial charge is 0.353 e. The number of hydrogen-bond donors (Lipinski definition) is 3. The van der Waals surface area contributed by atoms with Crippen molar-refractivity contribution in [3.05, 3.63) is 89.4 Å². The van der Waals surface area contributed by atoms with Crippen molar-refractivity contribution in [2.24, 2.45) is 11.0 Å². The molecule has 0 spiro atoms. The highest BCUT2D eigenvalue weighted by atomic mass is 16.1. The number of pyridine rings is 1. The smallest absolute Gasteiger partial charge is 0.227 e. The van der Waals surface area contributed by atoms with Gasteiger partial charge in [0.05, 0.1) is 11.6 Å². The fourth-order valence-electron chi connectivity index (χ4n) is 4.59. The van der Waals surface area contributed by atoms with Gasteiger partial charge in [-0.2, -0.15) is 5.11 Å². The number of rotatable bonds is 14. The summed E-state index contributed by atoms with van der Waals surface area (Å²) in [6.07, 6.45) is 13.0. The lowest BCUT2D eigenvalue weighted by Gasteiger charge is -2.26. The van der Waals surface area contributed by atoms with Gasteiger partial charge < -0.3 is 10.6 Å². The molecule has 0 fully saturated rings. The molecule has 1 heterocycles. The minimum absolute atomic E-state index is 0.0672. The number of amides is 1. The second-order valence-corrected chi connectivity index (χ2v) is 9.29. The Hall–Kier alpha value is -3.12. The summed E-state index contributed by atoms with van der Waals surface area (Å²) in [5.74, 6) is -0.0789. The van der Waals surface area contributed by atoms with Crippen molar-refractivity contribution in [3.63, 3.8) is 0 Å². The van der Waals surface area contributed by atoms with E-state index >= 15 is 0 Å². The summed E-state index contributed by atoms with van der Waals surface area (Å²) in [5.41, 5.74) is 11.7. The molecule has 2 aromatic rings.